The quantitative estimate of drug-likeness (QED) is 0.679. The van der Waals surface area contributed by atoms with Crippen LogP contribution in [0.5, 0.6) is 5.75 Å². The number of carboxylic acid groups (broad SMARTS) is 1. The molecular weight excluding hydrogens is 320 g/mol. The van der Waals surface area contributed by atoms with E-state index in [0.717, 1.165) is 12.0 Å². The van der Waals surface area contributed by atoms with Crippen molar-refractivity contribution >= 4 is 17.7 Å². The van der Waals surface area contributed by atoms with Gasteiger partial charge in [-0.05, 0) is 41.7 Å². The fourth-order valence-electron chi connectivity index (χ4n) is 3.08. The standard InChI is InChI=1S/C20H18O5/c1-20(2)10-9-16(21)14-11-12(7-8-15(14)20)19(24)25-17-6-4-3-5-13(17)18(22)23/h3-8,11H,9-10H2,1-2H3,(H,22,23). The Hall–Kier alpha value is -2.95. The fraction of sp³-hybridized carbons (Fsp3) is 0.250. The topological polar surface area (TPSA) is 80.7 Å². The Labute approximate surface area is 145 Å². The van der Waals surface area contributed by atoms with Crippen molar-refractivity contribution in [1.82, 2.24) is 0 Å². The highest BCUT2D eigenvalue weighted by molar-refractivity contribution is 6.02. The molecule has 25 heavy (non-hydrogen) atoms. The molecule has 0 heterocycles. The Kier molecular flexibility index (Phi) is 4.17. The van der Waals surface area contributed by atoms with E-state index in [4.69, 9.17) is 9.84 Å². The molecule has 0 unspecified atom stereocenters. The van der Waals surface area contributed by atoms with E-state index in [1.54, 1.807) is 30.3 Å². The molecule has 1 aliphatic carbocycles. The zero-order valence-electron chi connectivity index (χ0n) is 14.0. The number of hydrogen-bond donors (Lipinski definition) is 1. The van der Waals surface area contributed by atoms with Crippen molar-refractivity contribution in [3.05, 3.63) is 64.7 Å². The summed E-state index contributed by atoms with van der Waals surface area (Å²) >= 11 is 0. The summed E-state index contributed by atoms with van der Waals surface area (Å²) in [7, 11) is 0. The van der Waals surface area contributed by atoms with E-state index in [1.165, 1.54) is 12.1 Å². The molecule has 0 radical (unpaired) electrons. The second kappa shape index (κ2) is 6.16. The van der Waals surface area contributed by atoms with E-state index in [9.17, 15) is 14.4 Å². The molecule has 0 saturated carbocycles. The zero-order chi connectivity index (χ0) is 18.2. The first-order valence-electron chi connectivity index (χ1n) is 8.02. The molecule has 1 N–H and O–H groups in total. The lowest BCUT2D eigenvalue weighted by Crippen LogP contribution is -2.27. The molecule has 0 aromatic heterocycles. The number of carbonyl (C=O) groups is 3. The van der Waals surface area contributed by atoms with Crippen LogP contribution in [0.3, 0.4) is 0 Å². The van der Waals surface area contributed by atoms with Gasteiger partial charge >= 0.3 is 11.9 Å². The van der Waals surface area contributed by atoms with Crippen LogP contribution in [-0.2, 0) is 5.41 Å². The summed E-state index contributed by atoms with van der Waals surface area (Å²) < 4.78 is 5.24. The van der Waals surface area contributed by atoms with E-state index in [-0.39, 0.29) is 28.1 Å². The number of Topliss-reactive ketones (excluding diaryl/α,β-unsaturated/α-hetero) is 1. The number of hydrogen-bond acceptors (Lipinski definition) is 4. The van der Waals surface area contributed by atoms with Crippen LogP contribution in [0.1, 0.15) is 63.3 Å². The molecule has 3 rings (SSSR count). The number of fused-ring (bicyclic) bond motifs is 1. The van der Waals surface area contributed by atoms with Gasteiger partial charge in [0, 0.05) is 12.0 Å². The minimum Gasteiger partial charge on any atom is -0.478 e. The summed E-state index contributed by atoms with van der Waals surface area (Å²) in [6, 6.07) is 10.9. The number of aromatic carboxylic acids is 1. The molecule has 5 heteroatoms. The van der Waals surface area contributed by atoms with Gasteiger partial charge in [-0.25, -0.2) is 9.59 Å². The number of esters is 1. The SMILES string of the molecule is CC1(C)CCC(=O)c2cc(C(=O)Oc3ccccc3C(=O)O)ccc21. The van der Waals surface area contributed by atoms with Gasteiger partial charge < -0.3 is 9.84 Å². The van der Waals surface area contributed by atoms with Crippen molar-refractivity contribution in [3.63, 3.8) is 0 Å². The number of carboxylic acids is 1. The average molecular weight is 338 g/mol. The van der Waals surface area contributed by atoms with Crippen molar-refractivity contribution in [1.29, 1.82) is 0 Å². The number of ether oxygens (including phenoxy) is 1. The zero-order valence-corrected chi connectivity index (χ0v) is 14.0. The molecule has 0 saturated heterocycles. The summed E-state index contributed by atoms with van der Waals surface area (Å²) in [6.45, 7) is 4.14. The summed E-state index contributed by atoms with van der Waals surface area (Å²) in [6.07, 6.45) is 1.22. The molecule has 2 aromatic carbocycles. The molecule has 1 aliphatic rings. The van der Waals surface area contributed by atoms with Gasteiger partial charge in [-0.2, -0.15) is 0 Å². The second-order valence-electron chi connectivity index (χ2n) is 6.76. The van der Waals surface area contributed by atoms with Gasteiger partial charge in [0.1, 0.15) is 11.3 Å². The third kappa shape index (κ3) is 3.18. The first kappa shape index (κ1) is 16.9. The van der Waals surface area contributed by atoms with Crippen LogP contribution < -0.4 is 4.74 Å². The summed E-state index contributed by atoms with van der Waals surface area (Å²) in [5, 5.41) is 9.16. The maximum absolute atomic E-state index is 12.4. The average Bonchev–Trinajstić information content (AvgIpc) is 2.58. The molecule has 0 aliphatic heterocycles. The maximum Gasteiger partial charge on any atom is 0.343 e. The Balaban J connectivity index is 1.93. The third-order valence-corrected chi connectivity index (χ3v) is 4.58. The van der Waals surface area contributed by atoms with E-state index >= 15 is 0 Å². The molecule has 5 nitrogen and oxygen atoms in total. The second-order valence-corrected chi connectivity index (χ2v) is 6.76. The predicted octanol–water partition coefficient (Wildman–Crippen LogP) is 3.86. The molecular formula is C20H18O5. The van der Waals surface area contributed by atoms with Crippen LogP contribution in [0.4, 0.5) is 0 Å². The number of ketones is 1. The number of para-hydroxylation sites is 1. The fourth-order valence-corrected chi connectivity index (χ4v) is 3.08. The van der Waals surface area contributed by atoms with Crippen molar-refractivity contribution in [3.8, 4) is 5.75 Å². The highest BCUT2D eigenvalue weighted by Crippen LogP contribution is 2.37. The van der Waals surface area contributed by atoms with Gasteiger partial charge in [-0.1, -0.05) is 32.0 Å². The summed E-state index contributed by atoms with van der Waals surface area (Å²) in [5.41, 5.74) is 1.47. The Morgan fingerprint density at radius 1 is 1.12 bits per heavy atom. The lowest BCUT2D eigenvalue weighted by molar-refractivity contribution is 0.0681. The van der Waals surface area contributed by atoms with Gasteiger partial charge in [0.2, 0.25) is 0 Å². The third-order valence-electron chi connectivity index (χ3n) is 4.58. The van der Waals surface area contributed by atoms with Gasteiger partial charge in [-0.15, -0.1) is 0 Å². The molecule has 0 bridgehead atoms. The minimum absolute atomic E-state index is 0.00918. The molecule has 0 fully saturated rings. The summed E-state index contributed by atoms with van der Waals surface area (Å²) in [5.74, 6) is -1.88. The number of rotatable bonds is 3. The van der Waals surface area contributed by atoms with Crippen LogP contribution in [-0.4, -0.2) is 22.8 Å². The van der Waals surface area contributed by atoms with Gasteiger partial charge in [0.25, 0.3) is 0 Å². The van der Waals surface area contributed by atoms with Gasteiger partial charge in [0.05, 0.1) is 5.56 Å². The van der Waals surface area contributed by atoms with E-state index in [1.807, 2.05) is 0 Å². The highest BCUT2D eigenvalue weighted by atomic mass is 16.5. The monoisotopic (exact) mass is 338 g/mol. The van der Waals surface area contributed by atoms with Gasteiger partial charge in [0.15, 0.2) is 5.78 Å². The smallest absolute Gasteiger partial charge is 0.343 e. The minimum atomic E-state index is -1.18. The summed E-state index contributed by atoms with van der Waals surface area (Å²) in [4.78, 5) is 35.8. The Morgan fingerprint density at radius 3 is 2.56 bits per heavy atom. The first-order valence-corrected chi connectivity index (χ1v) is 8.02. The predicted molar refractivity (Wildman–Crippen MR) is 91.4 cm³/mol. The van der Waals surface area contributed by atoms with Crippen LogP contribution in [0.25, 0.3) is 0 Å². The molecule has 128 valence electrons. The maximum atomic E-state index is 12.4. The molecule has 0 spiro atoms. The van der Waals surface area contributed by atoms with E-state index < -0.39 is 11.9 Å². The highest BCUT2D eigenvalue weighted by Gasteiger charge is 2.32. The normalized spacial score (nSPS) is 15.4. The van der Waals surface area contributed by atoms with Crippen LogP contribution in [0, 0.1) is 0 Å². The van der Waals surface area contributed by atoms with Crippen molar-refractivity contribution in [2.24, 2.45) is 0 Å². The first-order chi connectivity index (χ1) is 11.8. The lowest BCUT2D eigenvalue weighted by Gasteiger charge is -2.31. The van der Waals surface area contributed by atoms with Crippen LogP contribution in [0.2, 0.25) is 0 Å². The van der Waals surface area contributed by atoms with Crippen molar-refractivity contribution < 1.29 is 24.2 Å². The Morgan fingerprint density at radius 2 is 1.84 bits per heavy atom. The van der Waals surface area contributed by atoms with Crippen molar-refractivity contribution in [2.45, 2.75) is 32.1 Å². The van der Waals surface area contributed by atoms with Crippen molar-refractivity contribution in [2.75, 3.05) is 0 Å². The largest absolute Gasteiger partial charge is 0.478 e. The number of carbonyl (C=O) groups excluding carboxylic acids is 2. The van der Waals surface area contributed by atoms with E-state index in [2.05, 4.69) is 13.8 Å². The van der Waals surface area contributed by atoms with Crippen LogP contribution in [0.15, 0.2) is 42.5 Å². The van der Waals surface area contributed by atoms with Gasteiger partial charge in [-0.3, -0.25) is 4.79 Å². The Bertz CT molecular complexity index is 879. The lowest BCUT2D eigenvalue weighted by atomic mass is 9.72. The molecule has 2 aromatic rings. The number of benzene rings is 2. The molecule has 0 amide bonds. The van der Waals surface area contributed by atoms with Crippen LogP contribution >= 0.6 is 0 Å². The van der Waals surface area contributed by atoms with E-state index in [0.29, 0.717) is 12.0 Å². The molecule has 0 atom stereocenters.